The standard InChI is InChI=1S/C31H31FN8O4/c32-24-8-9-27-34-17-26(40(27)19-24)29-35-25(15-23-7-4-10-39(18-23)31(42)44-21-33)16-28(36-29)37-11-13-38(14-12-37)30(41)43-20-22-5-2-1-3-6-22/h1-3,5-6,8-9,16-17,19,23H,4,7,10-15,18,20H2/t23-/m0/s1. The van der Waals surface area contributed by atoms with Crippen molar-refractivity contribution >= 4 is 23.7 Å². The van der Waals surface area contributed by atoms with Crippen LogP contribution in [-0.2, 0) is 22.5 Å². The molecule has 0 saturated carbocycles. The van der Waals surface area contributed by atoms with Gasteiger partial charge in [-0.15, -0.1) is 5.26 Å². The molecule has 1 atom stereocenters. The molecule has 0 aliphatic carbocycles. The SMILES string of the molecule is N#COC(=O)N1CCC[C@@H](Cc2cc(N3CCN(C(=O)OCc4ccccc4)CC3)nc(-c3cnc4ccc(F)cn34)n2)C1. The summed E-state index contributed by atoms with van der Waals surface area (Å²) in [5.74, 6) is 0.776. The molecule has 3 aromatic heterocycles. The Labute approximate surface area is 253 Å². The number of rotatable bonds is 6. The Morgan fingerprint density at radius 3 is 2.61 bits per heavy atom. The number of hydrogen-bond donors (Lipinski definition) is 0. The van der Waals surface area contributed by atoms with E-state index in [9.17, 15) is 14.0 Å². The monoisotopic (exact) mass is 598 g/mol. The zero-order valence-corrected chi connectivity index (χ0v) is 24.0. The van der Waals surface area contributed by atoms with Crippen molar-refractivity contribution in [3.05, 3.63) is 78.0 Å². The highest BCUT2D eigenvalue weighted by atomic mass is 19.1. The Morgan fingerprint density at radius 2 is 1.82 bits per heavy atom. The molecule has 12 nitrogen and oxygen atoms in total. The molecule has 1 aromatic carbocycles. The summed E-state index contributed by atoms with van der Waals surface area (Å²) in [7, 11) is 0. The van der Waals surface area contributed by atoms with Gasteiger partial charge < -0.3 is 24.2 Å². The Balaban J connectivity index is 1.21. The number of fused-ring (bicyclic) bond motifs is 1. The lowest BCUT2D eigenvalue weighted by atomic mass is 9.93. The molecular formula is C31H31FN8O4. The van der Waals surface area contributed by atoms with Gasteiger partial charge in [-0.3, -0.25) is 4.40 Å². The Morgan fingerprint density at radius 1 is 1.00 bits per heavy atom. The third-order valence-electron chi connectivity index (χ3n) is 7.94. The Kier molecular flexibility index (Phi) is 8.49. The smallest absolute Gasteiger partial charge is 0.425 e. The molecule has 2 aliphatic heterocycles. The maximum Gasteiger partial charge on any atom is 0.425 e. The van der Waals surface area contributed by atoms with Gasteiger partial charge in [0.15, 0.2) is 5.82 Å². The van der Waals surface area contributed by atoms with E-state index in [0.717, 1.165) is 24.1 Å². The van der Waals surface area contributed by atoms with Crippen LogP contribution in [0.2, 0.25) is 0 Å². The van der Waals surface area contributed by atoms with E-state index in [2.05, 4.69) is 14.6 Å². The summed E-state index contributed by atoms with van der Waals surface area (Å²) in [5, 5.41) is 8.76. The van der Waals surface area contributed by atoms with Gasteiger partial charge in [-0.1, -0.05) is 30.3 Å². The van der Waals surface area contributed by atoms with Crippen LogP contribution < -0.4 is 4.90 Å². The topological polar surface area (TPSA) is 129 Å². The van der Waals surface area contributed by atoms with E-state index in [1.165, 1.54) is 18.5 Å². The third kappa shape index (κ3) is 6.54. The number of piperidine rings is 1. The molecule has 2 saturated heterocycles. The fraction of sp³-hybridized carbons (Fsp3) is 0.355. The van der Waals surface area contributed by atoms with E-state index in [0.29, 0.717) is 68.7 Å². The zero-order chi connectivity index (χ0) is 30.5. The number of imidazole rings is 1. The average molecular weight is 599 g/mol. The van der Waals surface area contributed by atoms with Gasteiger partial charge in [0, 0.05) is 57.2 Å². The average Bonchev–Trinajstić information content (AvgIpc) is 3.47. The van der Waals surface area contributed by atoms with Crippen molar-refractivity contribution in [3.63, 3.8) is 0 Å². The number of hydrogen-bond acceptors (Lipinski definition) is 9. The van der Waals surface area contributed by atoms with Crippen LogP contribution in [0.1, 0.15) is 24.1 Å². The minimum atomic E-state index is -0.644. The van der Waals surface area contributed by atoms with Crippen LogP contribution in [-0.4, -0.2) is 80.6 Å². The van der Waals surface area contributed by atoms with Crippen molar-refractivity contribution in [2.24, 2.45) is 5.92 Å². The van der Waals surface area contributed by atoms with Crippen LogP contribution >= 0.6 is 0 Å². The first-order valence-electron chi connectivity index (χ1n) is 14.5. The fourth-order valence-corrected chi connectivity index (χ4v) is 5.71. The summed E-state index contributed by atoms with van der Waals surface area (Å²) in [4.78, 5) is 44.4. The van der Waals surface area contributed by atoms with E-state index in [1.807, 2.05) is 36.4 Å². The first-order valence-corrected chi connectivity index (χ1v) is 14.5. The van der Waals surface area contributed by atoms with Gasteiger partial charge in [-0.25, -0.2) is 28.9 Å². The van der Waals surface area contributed by atoms with Crippen molar-refractivity contribution in [1.82, 2.24) is 29.2 Å². The van der Waals surface area contributed by atoms with Crippen LogP contribution in [0.3, 0.4) is 0 Å². The van der Waals surface area contributed by atoms with Gasteiger partial charge in [-0.2, -0.15) is 0 Å². The lowest BCUT2D eigenvalue weighted by Gasteiger charge is -2.35. The second kappa shape index (κ2) is 12.9. The summed E-state index contributed by atoms with van der Waals surface area (Å²) < 4.78 is 25.9. The molecule has 4 aromatic rings. The number of carbonyl (C=O) groups is 2. The van der Waals surface area contributed by atoms with E-state index >= 15 is 0 Å². The van der Waals surface area contributed by atoms with Crippen LogP contribution in [0.25, 0.3) is 17.2 Å². The molecule has 13 heteroatoms. The van der Waals surface area contributed by atoms with Crippen molar-refractivity contribution in [3.8, 4) is 17.8 Å². The quantitative estimate of drug-likeness (QED) is 0.299. The number of halogens is 1. The molecule has 0 unspecified atom stereocenters. The summed E-state index contributed by atoms with van der Waals surface area (Å²) in [6.45, 7) is 3.18. The zero-order valence-electron chi connectivity index (χ0n) is 24.0. The number of nitrogens with zero attached hydrogens (tertiary/aromatic N) is 8. The third-order valence-corrected chi connectivity index (χ3v) is 7.94. The van der Waals surface area contributed by atoms with Crippen molar-refractivity contribution in [2.45, 2.75) is 25.9 Å². The van der Waals surface area contributed by atoms with Crippen LogP contribution in [0, 0.1) is 23.3 Å². The number of pyridine rings is 1. The van der Waals surface area contributed by atoms with Gasteiger partial charge in [0.05, 0.1) is 6.20 Å². The number of anilines is 1. The van der Waals surface area contributed by atoms with Gasteiger partial charge in [0.1, 0.15) is 29.6 Å². The second-order valence-electron chi connectivity index (χ2n) is 10.9. The van der Waals surface area contributed by atoms with Gasteiger partial charge in [0.2, 0.25) is 0 Å². The number of piperazine rings is 1. The number of amides is 2. The predicted molar refractivity (Wildman–Crippen MR) is 157 cm³/mol. The minimum absolute atomic E-state index is 0.0986. The largest absolute Gasteiger partial charge is 0.445 e. The van der Waals surface area contributed by atoms with E-state index in [-0.39, 0.29) is 18.6 Å². The van der Waals surface area contributed by atoms with Crippen molar-refractivity contribution in [2.75, 3.05) is 44.2 Å². The summed E-state index contributed by atoms with van der Waals surface area (Å²) in [6, 6.07) is 14.4. The number of ether oxygens (including phenoxy) is 2. The maximum absolute atomic E-state index is 14.2. The summed E-state index contributed by atoms with van der Waals surface area (Å²) in [6.07, 6.45) is 5.66. The molecule has 0 spiro atoms. The molecule has 44 heavy (non-hydrogen) atoms. The normalized spacial score (nSPS) is 16.9. The molecule has 0 radical (unpaired) electrons. The van der Waals surface area contributed by atoms with Crippen molar-refractivity contribution in [1.29, 1.82) is 5.26 Å². The molecule has 5 heterocycles. The number of benzene rings is 1. The first kappa shape index (κ1) is 28.9. The van der Waals surface area contributed by atoms with E-state index in [1.54, 1.807) is 26.5 Å². The summed E-state index contributed by atoms with van der Waals surface area (Å²) >= 11 is 0. The Bertz CT molecular complexity index is 1680. The highest BCUT2D eigenvalue weighted by molar-refractivity contribution is 5.69. The maximum atomic E-state index is 14.2. The Hall–Kier alpha value is -5.25. The lowest BCUT2D eigenvalue weighted by Crippen LogP contribution is -2.49. The summed E-state index contributed by atoms with van der Waals surface area (Å²) in [5.41, 5.74) is 2.81. The predicted octanol–water partition coefficient (Wildman–Crippen LogP) is 4.26. The molecule has 6 rings (SSSR count). The van der Waals surface area contributed by atoms with Crippen LogP contribution in [0.4, 0.5) is 19.8 Å². The molecule has 226 valence electrons. The minimum Gasteiger partial charge on any atom is -0.445 e. The van der Waals surface area contributed by atoms with Gasteiger partial charge >= 0.3 is 12.2 Å². The van der Waals surface area contributed by atoms with Crippen molar-refractivity contribution < 1.29 is 23.5 Å². The van der Waals surface area contributed by atoms with E-state index < -0.39 is 11.9 Å². The molecule has 0 bridgehead atoms. The van der Waals surface area contributed by atoms with Crippen LogP contribution in [0.15, 0.2) is 60.9 Å². The molecule has 2 fully saturated rings. The van der Waals surface area contributed by atoms with Gasteiger partial charge in [0.25, 0.3) is 6.26 Å². The fourth-order valence-electron chi connectivity index (χ4n) is 5.71. The number of carbonyl (C=O) groups excluding carboxylic acids is 2. The highest BCUT2D eigenvalue weighted by Gasteiger charge is 2.28. The second-order valence-corrected chi connectivity index (χ2v) is 10.9. The van der Waals surface area contributed by atoms with Gasteiger partial charge in [-0.05, 0) is 42.9 Å². The van der Waals surface area contributed by atoms with E-state index in [4.69, 9.17) is 20.0 Å². The molecular weight excluding hydrogens is 567 g/mol. The number of nitriles is 1. The molecule has 2 aliphatic rings. The number of likely N-dealkylation sites (tertiary alicyclic amines) is 1. The molecule has 0 N–H and O–H groups in total. The highest BCUT2D eigenvalue weighted by Crippen LogP contribution is 2.27. The number of aromatic nitrogens is 4. The molecule has 2 amide bonds. The first-order chi connectivity index (χ1) is 21.5. The lowest BCUT2D eigenvalue weighted by molar-refractivity contribution is 0.0941. The van der Waals surface area contributed by atoms with Crippen LogP contribution in [0.5, 0.6) is 0 Å².